The molecule has 25 heavy (non-hydrogen) atoms. The summed E-state index contributed by atoms with van der Waals surface area (Å²) in [5, 5.41) is 5.65. The van der Waals surface area contributed by atoms with Crippen molar-refractivity contribution in [2.24, 2.45) is 0 Å². The molecule has 8 heteroatoms. The summed E-state index contributed by atoms with van der Waals surface area (Å²) in [4.78, 5) is 15.8. The van der Waals surface area contributed by atoms with Gasteiger partial charge in [0.25, 0.3) is 0 Å². The SMILES string of the molecule is O=C(NCc1ccnc(OC(F)F)c1)NC1COC2(CCCCC2)C1. The zero-order valence-electron chi connectivity index (χ0n) is 14.0. The lowest BCUT2D eigenvalue weighted by molar-refractivity contribution is -0.0529. The Morgan fingerprint density at radius 3 is 2.96 bits per heavy atom. The highest BCUT2D eigenvalue weighted by Crippen LogP contribution is 2.39. The molecule has 0 bridgehead atoms. The fraction of sp³-hybridized carbons (Fsp3) is 0.647. The molecule has 1 aliphatic heterocycles. The van der Waals surface area contributed by atoms with Gasteiger partial charge in [-0.1, -0.05) is 19.3 Å². The van der Waals surface area contributed by atoms with Crippen molar-refractivity contribution < 1.29 is 23.0 Å². The third kappa shape index (κ3) is 5.01. The quantitative estimate of drug-likeness (QED) is 0.852. The number of carbonyl (C=O) groups excluding carboxylic acids is 1. The van der Waals surface area contributed by atoms with Gasteiger partial charge in [-0.05, 0) is 30.9 Å². The number of nitrogens with zero attached hydrogens (tertiary/aromatic N) is 1. The molecule has 2 fully saturated rings. The molecule has 1 aromatic heterocycles. The summed E-state index contributed by atoms with van der Waals surface area (Å²) in [5.41, 5.74) is 0.579. The number of ether oxygens (including phenoxy) is 2. The summed E-state index contributed by atoms with van der Waals surface area (Å²) >= 11 is 0. The first-order valence-corrected chi connectivity index (χ1v) is 8.63. The Bertz CT molecular complexity index is 594. The number of hydrogen-bond acceptors (Lipinski definition) is 4. The Balaban J connectivity index is 1.44. The number of amides is 2. The van der Waals surface area contributed by atoms with Crippen LogP contribution in [0.2, 0.25) is 0 Å². The van der Waals surface area contributed by atoms with Gasteiger partial charge in [0, 0.05) is 18.8 Å². The van der Waals surface area contributed by atoms with E-state index in [9.17, 15) is 13.6 Å². The molecule has 1 unspecified atom stereocenters. The lowest BCUT2D eigenvalue weighted by atomic mass is 9.82. The van der Waals surface area contributed by atoms with Gasteiger partial charge in [0.15, 0.2) is 0 Å². The second kappa shape index (κ2) is 7.95. The molecule has 1 spiro atoms. The average Bonchev–Trinajstić information content (AvgIpc) is 2.95. The van der Waals surface area contributed by atoms with Crippen LogP contribution in [0.15, 0.2) is 18.3 Å². The van der Waals surface area contributed by atoms with Gasteiger partial charge in [-0.3, -0.25) is 0 Å². The molecule has 6 nitrogen and oxygen atoms in total. The number of pyridine rings is 1. The van der Waals surface area contributed by atoms with Crippen molar-refractivity contribution in [1.29, 1.82) is 0 Å². The van der Waals surface area contributed by atoms with E-state index in [4.69, 9.17) is 4.74 Å². The molecule has 0 radical (unpaired) electrons. The second-order valence-corrected chi connectivity index (χ2v) is 6.66. The van der Waals surface area contributed by atoms with Crippen LogP contribution < -0.4 is 15.4 Å². The zero-order chi connectivity index (χ0) is 17.7. The minimum atomic E-state index is -2.92. The van der Waals surface area contributed by atoms with Crippen molar-refractivity contribution in [3.8, 4) is 5.88 Å². The third-order valence-corrected chi connectivity index (χ3v) is 4.77. The van der Waals surface area contributed by atoms with Crippen LogP contribution in [0.1, 0.15) is 44.1 Å². The Hall–Kier alpha value is -1.96. The van der Waals surface area contributed by atoms with Crippen molar-refractivity contribution in [2.75, 3.05) is 6.61 Å². The predicted octanol–water partition coefficient (Wildman–Crippen LogP) is 2.97. The van der Waals surface area contributed by atoms with E-state index in [1.54, 1.807) is 6.07 Å². The van der Waals surface area contributed by atoms with E-state index in [2.05, 4.69) is 20.4 Å². The lowest BCUT2D eigenvalue weighted by Crippen LogP contribution is -2.43. The topological polar surface area (TPSA) is 72.5 Å². The zero-order valence-corrected chi connectivity index (χ0v) is 14.0. The molecule has 0 aromatic carbocycles. The Kier molecular flexibility index (Phi) is 5.67. The molecule has 1 aliphatic carbocycles. The standard InChI is InChI=1S/C17H23F2N3O3/c18-15(19)25-14-8-12(4-7-20-14)10-21-16(23)22-13-9-17(24-11-13)5-2-1-3-6-17/h4,7-8,13,15H,1-3,5-6,9-11H2,(H2,21,22,23). The molecule has 2 amide bonds. The molecule has 1 saturated heterocycles. The summed E-state index contributed by atoms with van der Waals surface area (Å²) in [7, 11) is 0. The van der Waals surface area contributed by atoms with Crippen LogP contribution >= 0.6 is 0 Å². The van der Waals surface area contributed by atoms with Gasteiger partial charge in [-0.15, -0.1) is 0 Å². The summed E-state index contributed by atoms with van der Waals surface area (Å²) in [5.74, 6) is -0.168. The van der Waals surface area contributed by atoms with Crippen LogP contribution in [0.3, 0.4) is 0 Å². The maximum absolute atomic E-state index is 12.2. The second-order valence-electron chi connectivity index (χ2n) is 6.66. The van der Waals surface area contributed by atoms with Crippen molar-refractivity contribution in [3.63, 3.8) is 0 Å². The van der Waals surface area contributed by atoms with Crippen molar-refractivity contribution >= 4 is 6.03 Å². The van der Waals surface area contributed by atoms with E-state index in [-0.39, 0.29) is 30.1 Å². The molecule has 2 heterocycles. The van der Waals surface area contributed by atoms with E-state index >= 15 is 0 Å². The van der Waals surface area contributed by atoms with Crippen molar-refractivity contribution in [3.05, 3.63) is 23.9 Å². The van der Waals surface area contributed by atoms with Crippen LogP contribution in [-0.2, 0) is 11.3 Å². The Labute approximate surface area is 145 Å². The first-order chi connectivity index (χ1) is 12.0. The fourth-order valence-electron chi connectivity index (χ4n) is 3.62. The van der Waals surface area contributed by atoms with Gasteiger partial charge in [-0.2, -0.15) is 8.78 Å². The van der Waals surface area contributed by atoms with E-state index in [1.165, 1.54) is 31.5 Å². The number of aromatic nitrogens is 1. The molecule has 1 atom stereocenters. The van der Waals surface area contributed by atoms with Crippen molar-refractivity contribution in [2.45, 2.75) is 63.3 Å². The number of halogens is 2. The maximum atomic E-state index is 12.2. The normalized spacial score (nSPS) is 22.1. The number of urea groups is 1. The highest BCUT2D eigenvalue weighted by atomic mass is 19.3. The number of hydrogen-bond donors (Lipinski definition) is 2. The molecule has 1 aromatic rings. The van der Waals surface area contributed by atoms with Crippen LogP contribution in [-0.4, -0.2) is 35.9 Å². The molecule has 1 saturated carbocycles. The fourth-order valence-corrected chi connectivity index (χ4v) is 3.62. The number of nitrogens with one attached hydrogen (secondary N) is 2. The minimum Gasteiger partial charge on any atom is -0.417 e. The molecular formula is C17H23F2N3O3. The van der Waals surface area contributed by atoms with E-state index < -0.39 is 6.61 Å². The van der Waals surface area contributed by atoms with E-state index in [0.717, 1.165) is 19.3 Å². The van der Waals surface area contributed by atoms with Crippen LogP contribution in [0.25, 0.3) is 0 Å². The third-order valence-electron chi connectivity index (χ3n) is 4.77. The van der Waals surface area contributed by atoms with Crippen LogP contribution in [0.4, 0.5) is 13.6 Å². The Morgan fingerprint density at radius 1 is 1.40 bits per heavy atom. The van der Waals surface area contributed by atoms with Gasteiger partial charge in [-0.25, -0.2) is 9.78 Å². The summed E-state index contributed by atoms with van der Waals surface area (Å²) < 4.78 is 34.6. The van der Waals surface area contributed by atoms with Gasteiger partial charge < -0.3 is 20.1 Å². The smallest absolute Gasteiger partial charge is 0.388 e. The predicted molar refractivity (Wildman–Crippen MR) is 86.4 cm³/mol. The minimum absolute atomic E-state index is 0.00766. The summed E-state index contributed by atoms with van der Waals surface area (Å²) in [6.45, 7) is -2.18. The molecule has 138 valence electrons. The highest BCUT2D eigenvalue weighted by molar-refractivity contribution is 5.74. The molecule has 2 aliphatic rings. The van der Waals surface area contributed by atoms with Crippen LogP contribution in [0, 0.1) is 0 Å². The van der Waals surface area contributed by atoms with E-state index in [0.29, 0.717) is 12.2 Å². The molecule has 3 rings (SSSR count). The summed E-state index contributed by atoms with van der Waals surface area (Å²) in [6.07, 6.45) is 7.97. The Morgan fingerprint density at radius 2 is 2.20 bits per heavy atom. The largest absolute Gasteiger partial charge is 0.417 e. The number of rotatable bonds is 5. The summed E-state index contributed by atoms with van der Waals surface area (Å²) in [6, 6.07) is 2.72. The monoisotopic (exact) mass is 355 g/mol. The van der Waals surface area contributed by atoms with E-state index in [1.807, 2.05) is 0 Å². The molecule has 2 N–H and O–H groups in total. The number of carbonyl (C=O) groups is 1. The molecular weight excluding hydrogens is 332 g/mol. The first kappa shape index (κ1) is 17.8. The van der Waals surface area contributed by atoms with Gasteiger partial charge in [0.2, 0.25) is 5.88 Å². The maximum Gasteiger partial charge on any atom is 0.388 e. The van der Waals surface area contributed by atoms with Gasteiger partial charge in [0.1, 0.15) is 0 Å². The average molecular weight is 355 g/mol. The van der Waals surface area contributed by atoms with Crippen molar-refractivity contribution in [1.82, 2.24) is 15.6 Å². The van der Waals surface area contributed by atoms with Gasteiger partial charge in [0.05, 0.1) is 18.2 Å². The first-order valence-electron chi connectivity index (χ1n) is 8.63. The number of alkyl halides is 2. The van der Waals surface area contributed by atoms with Crippen LogP contribution in [0.5, 0.6) is 5.88 Å². The lowest BCUT2D eigenvalue weighted by Gasteiger charge is -2.32. The van der Waals surface area contributed by atoms with Gasteiger partial charge >= 0.3 is 12.6 Å². The highest BCUT2D eigenvalue weighted by Gasteiger charge is 2.41.